The van der Waals surface area contributed by atoms with E-state index in [-0.39, 0.29) is 17.7 Å². The lowest BCUT2D eigenvalue weighted by atomic mass is 9.94. The van der Waals surface area contributed by atoms with Crippen molar-refractivity contribution in [2.45, 2.75) is 38.1 Å². The van der Waals surface area contributed by atoms with Gasteiger partial charge < -0.3 is 9.64 Å². The number of hydrogen-bond donors (Lipinski definition) is 0. The molecule has 3 unspecified atom stereocenters. The first-order valence-electron chi connectivity index (χ1n) is 8.65. The molecule has 25 heavy (non-hydrogen) atoms. The zero-order valence-corrected chi connectivity index (χ0v) is 16.5. The summed E-state index contributed by atoms with van der Waals surface area (Å²) in [7, 11) is 1.42. The zero-order valence-electron chi connectivity index (χ0n) is 15.6. The molecule has 2 saturated heterocycles. The molecule has 2 aliphatic rings. The highest BCUT2D eigenvalue weighted by Crippen LogP contribution is 2.29. The van der Waals surface area contributed by atoms with Gasteiger partial charge in [-0.3, -0.25) is 9.69 Å². The van der Waals surface area contributed by atoms with Gasteiger partial charge in [0.15, 0.2) is 0 Å². The Bertz CT molecular complexity index is 613. The summed E-state index contributed by atoms with van der Waals surface area (Å²) in [6.45, 7) is 5.00. The third kappa shape index (κ3) is 4.15. The molecular weight excluding hydrogens is 346 g/mol. The second-order valence-corrected chi connectivity index (χ2v) is 9.36. The van der Waals surface area contributed by atoms with Crippen molar-refractivity contribution in [3.05, 3.63) is 0 Å². The van der Waals surface area contributed by atoms with Crippen LogP contribution in [-0.4, -0.2) is 86.7 Å². The van der Waals surface area contributed by atoms with Crippen LogP contribution in [0.1, 0.15) is 26.7 Å². The van der Waals surface area contributed by atoms with Crippen molar-refractivity contribution < 1.29 is 22.7 Å². The maximum absolute atomic E-state index is 12.8. The number of sulfonamides is 1. The monoisotopic (exact) mass is 375 g/mol. The van der Waals surface area contributed by atoms with Crippen LogP contribution in [-0.2, 0) is 24.3 Å². The Kier molecular flexibility index (Phi) is 6.11. The Balaban J connectivity index is 1.97. The molecule has 2 fully saturated rings. The van der Waals surface area contributed by atoms with Gasteiger partial charge in [0.1, 0.15) is 11.4 Å². The highest BCUT2D eigenvalue weighted by atomic mass is 32.2. The van der Waals surface area contributed by atoms with Crippen LogP contribution in [0, 0.1) is 11.8 Å². The Hall–Kier alpha value is -1.19. The number of methoxy groups -OCH3 is 1. The molecule has 0 bridgehead atoms. The van der Waals surface area contributed by atoms with E-state index in [1.807, 2.05) is 13.8 Å². The van der Waals surface area contributed by atoms with Gasteiger partial charge in [-0.05, 0) is 25.8 Å². The molecule has 8 nitrogen and oxygen atoms in total. The second kappa shape index (κ2) is 7.59. The van der Waals surface area contributed by atoms with E-state index in [4.69, 9.17) is 4.74 Å². The minimum Gasteiger partial charge on any atom is -0.467 e. The molecule has 0 N–H and O–H groups in total. The molecule has 0 spiro atoms. The van der Waals surface area contributed by atoms with E-state index in [2.05, 4.69) is 0 Å². The van der Waals surface area contributed by atoms with Crippen LogP contribution >= 0.6 is 0 Å². The largest absolute Gasteiger partial charge is 0.467 e. The normalized spacial score (nSPS) is 26.3. The van der Waals surface area contributed by atoms with Gasteiger partial charge in [-0.25, -0.2) is 17.5 Å². The molecule has 9 heteroatoms. The van der Waals surface area contributed by atoms with Gasteiger partial charge in [0.2, 0.25) is 15.9 Å². The predicted octanol–water partition coefficient (Wildman–Crippen LogP) is -0.0443. The number of rotatable bonds is 6. The van der Waals surface area contributed by atoms with Crippen LogP contribution in [0.25, 0.3) is 0 Å². The average molecular weight is 375 g/mol. The van der Waals surface area contributed by atoms with Crippen molar-refractivity contribution >= 4 is 21.9 Å². The summed E-state index contributed by atoms with van der Waals surface area (Å²) in [5.74, 6) is -0.876. The topological polar surface area (TPSA) is 87.0 Å². The lowest BCUT2D eigenvalue weighted by molar-refractivity contribution is -0.155. The fourth-order valence-electron chi connectivity index (χ4n) is 3.47. The highest BCUT2D eigenvalue weighted by Gasteiger charge is 2.46. The zero-order chi connectivity index (χ0) is 18.9. The van der Waals surface area contributed by atoms with Crippen LogP contribution < -0.4 is 0 Å². The molecule has 0 aliphatic carbocycles. The van der Waals surface area contributed by atoms with Crippen LogP contribution in [0.4, 0.5) is 0 Å². The summed E-state index contributed by atoms with van der Waals surface area (Å²) in [6.07, 6.45) is 0.954. The number of carbonyl (C=O) groups is 2. The summed E-state index contributed by atoms with van der Waals surface area (Å²) < 4.78 is 31.1. The number of likely N-dealkylation sites (N-methyl/N-ethyl adjacent to an activating group) is 2. The predicted molar refractivity (Wildman–Crippen MR) is 93.0 cm³/mol. The third-order valence-corrected chi connectivity index (χ3v) is 7.43. The van der Waals surface area contributed by atoms with Crippen molar-refractivity contribution in [2.75, 3.05) is 40.8 Å². The SMILES string of the molecule is COC(=O)C(C(C)C)N(C)C(=O)C1CCN(S(=O)(=O)C2CN2C)CC1. The van der Waals surface area contributed by atoms with Gasteiger partial charge in [0, 0.05) is 32.6 Å². The Morgan fingerprint density at radius 3 is 2.12 bits per heavy atom. The first kappa shape index (κ1) is 20.1. The summed E-state index contributed by atoms with van der Waals surface area (Å²) in [5, 5.41) is -0.410. The van der Waals surface area contributed by atoms with E-state index in [9.17, 15) is 18.0 Å². The van der Waals surface area contributed by atoms with Crippen molar-refractivity contribution in [3.63, 3.8) is 0 Å². The lowest BCUT2D eigenvalue weighted by Gasteiger charge is -2.35. The van der Waals surface area contributed by atoms with Gasteiger partial charge in [0.25, 0.3) is 0 Å². The van der Waals surface area contributed by atoms with Crippen molar-refractivity contribution in [2.24, 2.45) is 11.8 Å². The van der Waals surface area contributed by atoms with E-state index in [1.54, 1.807) is 19.0 Å². The Morgan fingerprint density at radius 1 is 1.20 bits per heavy atom. The molecule has 0 aromatic heterocycles. The van der Waals surface area contributed by atoms with E-state index in [0.717, 1.165) is 0 Å². The average Bonchev–Trinajstić information content (AvgIpc) is 3.31. The fraction of sp³-hybridized carbons (Fsp3) is 0.875. The van der Waals surface area contributed by atoms with Gasteiger partial charge >= 0.3 is 5.97 Å². The number of nitrogens with zero attached hydrogens (tertiary/aromatic N) is 3. The van der Waals surface area contributed by atoms with Crippen LogP contribution in [0.2, 0.25) is 0 Å². The Morgan fingerprint density at radius 2 is 1.72 bits per heavy atom. The Labute approximate surface area is 150 Å². The molecule has 3 atom stereocenters. The van der Waals surface area contributed by atoms with Crippen LogP contribution in [0.5, 0.6) is 0 Å². The molecule has 0 aromatic rings. The highest BCUT2D eigenvalue weighted by molar-refractivity contribution is 7.90. The van der Waals surface area contributed by atoms with Crippen molar-refractivity contribution in [3.8, 4) is 0 Å². The summed E-state index contributed by atoms with van der Waals surface area (Å²) in [4.78, 5) is 28.0. The summed E-state index contributed by atoms with van der Waals surface area (Å²) >= 11 is 0. The van der Waals surface area contributed by atoms with Crippen molar-refractivity contribution in [1.29, 1.82) is 0 Å². The van der Waals surface area contributed by atoms with E-state index in [0.29, 0.717) is 32.5 Å². The lowest BCUT2D eigenvalue weighted by Crippen LogP contribution is -2.50. The minimum absolute atomic E-state index is 0.0627. The van der Waals surface area contributed by atoms with Gasteiger partial charge in [-0.2, -0.15) is 0 Å². The van der Waals surface area contributed by atoms with Crippen LogP contribution in [0.3, 0.4) is 0 Å². The molecule has 0 aromatic carbocycles. The number of amides is 1. The number of carbonyl (C=O) groups excluding carboxylic acids is 2. The minimum atomic E-state index is -3.29. The number of piperidine rings is 1. The molecular formula is C16H29N3O5S. The molecule has 0 radical (unpaired) electrons. The van der Waals surface area contributed by atoms with Gasteiger partial charge in [-0.15, -0.1) is 0 Å². The first-order valence-corrected chi connectivity index (χ1v) is 10.1. The molecule has 0 saturated carbocycles. The molecule has 2 heterocycles. The second-order valence-electron chi connectivity index (χ2n) is 7.27. The third-order valence-electron chi connectivity index (χ3n) is 5.15. The van der Waals surface area contributed by atoms with Gasteiger partial charge in [0.05, 0.1) is 7.11 Å². The maximum atomic E-state index is 12.8. The number of hydrogen-bond acceptors (Lipinski definition) is 6. The van der Waals surface area contributed by atoms with E-state index in [1.165, 1.54) is 16.3 Å². The smallest absolute Gasteiger partial charge is 0.328 e. The van der Waals surface area contributed by atoms with Crippen molar-refractivity contribution in [1.82, 2.24) is 14.1 Å². The van der Waals surface area contributed by atoms with Gasteiger partial charge in [-0.1, -0.05) is 13.8 Å². The van der Waals surface area contributed by atoms with Crippen LogP contribution in [0.15, 0.2) is 0 Å². The number of ether oxygens (including phenoxy) is 1. The summed E-state index contributed by atoms with van der Waals surface area (Å²) in [5.41, 5.74) is 0. The number of esters is 1. The standard InChI is InChI=1S/C16H29N3O5S/c1-11(2)14(16(21)24-5)18(4)15(20)12-6-8-19(9-7-12)25(22,23)13-10-17(13)3/h11-14H,6-10H2,1-5H3. The molecule has 2 rings (SSSR count). The summed E-state index contributed by atoms with van der Waals surface area (Å²) in [6, 6.07) is -0.626. The molecule has 144 valence electrons. The maximum Gasteiger partial charge on any atom is 0.328 e. The fourth-order valence-corrected chi connectivity index (χ4v) is 5.42. The first-order chi connectivity index (χ1) is 11.6. The van der Waals surface area contributed by atoms with E-state index < -0.39 is 27.4 Å². The van der Waals surface area contributed by atoms with E-state index >= 15 is 0 Å². The molecule has 2 aliphatic heterocycles. The molecule has 1 amide bonds. The quantitative estimate of drug-likeness (QED) is 0.478.